The molecule has 0 aliphatic rings. The van der Waals surface area contributed by atoms with Crippen LogP contribution in [-0.4, -0.2) is 11.6 Å². The number of hydrogen-bond acceptors (Lipinski definition) is 4. The van der Waals surface area contributed by atoms with Crippen molar-refractivity contribution in [1.82, 2.24) is 0 Å². The normalized spacial score (nSPS) is 11.3. The van der Waals surface area contributed by atoms with Crippen LogP contribution in [0.3, 0.4) is 0 Å². The third kappa shape index (κ3) is 3.35. The molecule has 19 heavy (non-hydrogen) atoms. The number of ether oxygens (including phenoxy) is 1. The Labute approximate surface area is 117 Å². The number of anilines is 1. The number of nitrogens with two attached hydrogens (primary N) is 1. The molecule has 2 aromatic rings. The fourth-order valence-corrected chi connectivity index (χ4v) is 2.60. The second-order valence-electron chi connectivity index (χ2n) is 5.26. The Hall–Kier alpha value is -1.81. The van der Waals surface area contributed by atoms with Crippen LogP contribution < -0.4 is 5.73 Å². The van der Waals surface area contributed by atoms with E-state index in [0.717, 1.165) is 10.4 Å². The van der Waals surface area contributed by atoms with Crippen molar-refractivity contribution in [3.05, 3.63) is 41.3 Å². The van der Waals surface area contributed by atoms with Crippen LogP contribution in [0, 0.1) is 0 Å². The maximum Gasteiger partial charge on any atom is 0.350 e. The number of benzene rings is 1. The van der Waals surface area contributed by atoms with Crippen LogP contribution >= 0.6 is 11.3 Å². The average molecular weight is 275 g/mol. The smallest absolute Gasteiger partial charge is 0.350 e. The van der Waals surface area contributed by atoms with Crippen molar-refractivity contribution in [2.75, 3.05) is 5.73 Å². The molecule has 100 valence electrons. The second kappa shape index (κ2) is 5.05. The van der Waals surface area contributed by atoms with Gasteiger partial charge in [0.15, 0.2) is 0 Å². The average Bonchev–Trinajstić information content (AvgIpc) is 2.70. The molecular formula is C15H17NO2S. The second-order valence-corrected chi connectivity index (χ2v) is 6.32. The van der Waals surface area contributed by atoms with Crippen molar-refractivity contribution in [3.63, 3.8) is 0 Å². The van der Waals surface area contributed by atoms with Gasteiger partial charge in [-0.25, -0.2) is 4.79 Å². The van der Waals surface area contributed by atoms with Gasteiger partial charge in [0, 0.05) is 4.88 Å². The lowest BCUT2D eigenvalue weighted by Crippen LogP contribution is -2.23. The van der Waals surface area contributed by atoms with Crippen LogP contribution in [0.25, 0.3) is 10.4 Å². The molecule has 0 saturated heterocycles. The van der Waals surface area contributed by atoms with E-state index in [2.05, 4.69) is 0 Å². The molecule has 0 aliphatic carbocycles. The van der Waals surface area contributed by atoms with Crippen LogP contribution in [0.2, 0.25) is 0 Å². The third-order valence-corrected chi connectivity index (χ3v) is 3.58. The van der Waals surface area contributed by atoms with Gasteiger partial charge in [-0.3, -0.25) is 0 Å². The van der Waals surface area contributed by atoms with E-state index in [4.69, 9.17) is 10.5 Å². The molecule has 0 aliphatic heterocycles. The van der Waals surface area contributed by atoms with Crippen molar-refractivity contribution in [2.45, 2.75) is 26.4 Å². The number of rotatable bonds is 2. The van der Waals surface area contributed by atoms with Gasteiger partial charge in [0.25, 0.3) is 0 Å². The lowest BCUT2D eigenvalue weighted by molar-refractivity contribution is 0.00764. The number of thiophene rings is 1. The Morgan fingerprint density at radius 3 is 2.42 bits per heavy atom. The fraction of sp³-hybridized carbons (Fsp3) is 0.267. The quantitative estimate of drug-likeness (QED) is 0.844. The Kier molecular flexibility index (Phi) is 3.62. The van der Waals surface area contributed by atoms with E-state index >= 15 is 0 Å². The first-order valence-electron chi connectivity index (χ1n) is 6.05. The minimum Gasteiger partial charge on any atom is -0.456 e. The standard InChI is InChI=1S/C15H17NO2S/c1-15(2,3)18-14(17)13-11(16)9-12(19-13)10-7-5-4-6-8-10/h4-9H,16H2,1-3H3. The SMILES string of the molecule is CC(C)(C)OC(=O)c1sc(-c2ccccc2)cc1N. The predicted molar refractivity (Wildman–Crippen MR) is 79.3 cm³/mol. The molecule has 1 heterocycles. The lowest BCUT2D eigenvalue weighted by Gasteiger charge is -2.18. The molecule has 0 saturated carbocycles. The summed E-state index contributed by atoms with van der Waals surface area (Å²) in [5.41, 5.74) is 6.92. The van der Waals surface area contributed by atoms with Gasteiger partial charge >= 0.3 is 5.97 Å². The maximum absolute atomic E-state index is 12.0. The van der Waals surface area contributed by atoms with Crippen LogP contribution in [0.1, 0.15) is 30.4 Å². The van der Waals surface area contributed by atoms with Gasteiger partial charge in [0.05, 0.1) is 5.69 Å². The van der Waals surface area contributed by atoms with E-state index in [0.29, 0.717) is 10.6 Å². The first kappa shape index (κ1) is 13.6. The molecule has 0 spiro atoms. The summed E-state index contributed by atoms with van der Waals surface area (Å²) >= 11 is 1.36. The van der Waals surface area contributed by atoms with Gasteiger partial charge in [-0.05, 0) is 32.4 Å². The zero-order chi connectivity index (χ0) is 14.0. The highest BCUT2D eigenvalue weighted by Crippen LogP contribution is 2.34. The number of esters is 1. The molecule has 0 atom stereocenters. The van der Waals surface area contributed by atoms with Gasteiger partial charge in [-0.1, -0.05) is 30.3 Å². The summed E-state index contributed by atoms with van der Waals surface area (Å²) in [5.74, 6) is -0.364. The van der Waals surface area contributed by atoms with Crippen molar-refractivity contribution < 1.29 is 9.53 Å². The maximum atomic E-state index is 12.0. The first-order valence-corrected chi connectivity index (χ1v) is 6.86. The number of hydrogen-bond donors (Lipinski definition) is 1. The molecule has 0 fully saturated rings. The Morgan fingerprint density at radius 1 is 1.21 bits per heavy atom. The zero-order valence-corrected chi connectivity index (χ0v) is 12.1. The zero-order valence-electron chi connectivity index (χ0n) is 11.3. The summed E-state index contributed by atoms with van der Waals surface area (Å²) in [6.45, 7) is 5.52. The molecule has 1 aromatic carbocycles. The third-order valence-electron chi connectivity index (χ3n) is 2.40. The summed E-state index contributed by atoms with van der Waals surface area (Å²) in [6, 6.07) is 11.7. The summed E-state index contributed by atoms with van der Waals surface area (Å²) in [5, 5.41) is 0. The van der Waals surface area contributed by atoms with Crippen molar-refractivity contribution >= 4 is 23.0 Å². The minimum atomic E-state index is -0.513. The Morgan fingerprint density at radius 2 is 1.84 bits per heavy atom. The molecule has 0 bridgehead atoms. The molecule has 4 heteroatoms. The summed E-state index contributed by atoms with van der Waals surface area (Å²) in [7, 11) is 0. The summed E-state index contributed by atoms with van der Waals surface area (Å²) < 4.78 is 5.35. The van der Waals surface area contributed by atoms with E-state index in [1.807, 2.05) is 57.2 Å². The van der Waals surface area contributed by atoms with E-state index in [-0.39, 0.29) is 5.97 Å². The molecule has 0 unspecified atom stereocenters. The highest BCUT2D eigenvalue weighted by molar-refractivity contribution is 7.18. The van der Waals surface area contributed by atoms with E-state index in [9.17, 15) is 4.79 Å². The van der Waals surface area contributed by atoms with E-state index in [1.165, 1.54) is 11.3 Å². The predicted octanol–water partition coefficient (Wildman–Crippen LogP) is 3.95. The van der Waals surface area contributed by atoms with Gasteiger partial charge in [-0.2, -0.15) is 0 Å². The van der Waals surface area contributed by atoms with Crippen molar-refractivity contribution in [3.8, 4) is 10.4 Å². The summed E-state index contributed by atoms with van der Waals surface area (Å²) in [4.78, 5) is 13.5. The molecule has 1 aromatic heterocycles. The topological polar surface area (TPSA) is 52.3 Å². The van der Waals surface area contributed by atoms with Gasteiger partial charge in [-0.15, -0.1) is 11.3 Å². The van der Waals surface area contributed by atoms with Crippen molar-refractivity contribution in [2.24, 2.45) is 0 Å². The molecular weight excluding hydrogens is 258 g/mol. The van der Waals surface area contributed by atoms with Crippen LogP contribution in [-0.2, 0) is 4.74 Å². The number of nitrogen functional groups attached to an aromatic ring is 1. The van der Waals surface area contributed by atoms with Crippen molar-refractivity contribution in [1.29, 1.82) is 0 Å². The van der Waals surface area contributed by atoms with Gasteiger partial charge in [0.2, 0.25) is 0 Å². The van der Waals surface area contributed by atoms with Crippen LogP contribution in [0.5, 0.6) is 0 Å². The summed E-state index contributed by atoms with van der Waals surface area (Å²) in [6.07, 6.45) is 0. The van der Waals surface area contributed by atoms with Gasteiger partial charge in [0.1, 0.15) is 10.5 Å². The first-order chi connectivity index (χ1) is 8.87. The monoisotopic (exact) mass is 275 g/mol. The minimum absolute atomic E-state index is 0.364. The lowest BCUT2D eigenvalue weighted by atomic mass is 10.2. The van der Waals surface area contributed by atoms with E-state index in [1.54, 1.807) is 0 Å². The highest BCUT2D eigenvalue weighted by atomic mass is 32.1. The number of carbonyl (C=O) groups is 1. The largest absolute Gasteiger partial charge is 0.456 e. The van der Waals surface area contributed by atoms with Gasteiger partial charge < -0.3 is 10.5 Å². The van der Waals surface area contributed by atoms with Crippen LogP contribution in [0.4, 0.5) is 5.69 Å². The molecule has 2 N–H and O–H groups in total. The number of carbonyl (C=O) groups excluding carboxylic acids is 1. The Bertz CT molecular complexity index is 582. The molecule has 2 rings (SSSR count). The van der Waals surface area contributed by atoms with Crippen LogP contribution in [0.15, 0.2) is 36.4 Å². The van der Waals surface area contributed by atoms with E-state index < -0.39 is 5.60 Å². The Balaban J connectivity index is 2.30. The fourth-order valence-electron chi connectivity index (χ4n) is 1.63. The molecule has 0 radical (unpaired) electrons. The highest BCUT2D eigenvalue weighted by Gasteiger charge is 2.22. The molecule has 3 nitrogen and oxygen atoms in total. The molecule has 0 amide bonds.